The largest absolute Gasteiger partial charge is 0.0928 e. The Balaban J connectivity index is 3.35. The molecule has 0 saturated carbocycles. The lowest BCUT2D eigenvalue weighted by Crippen LogP contribution is -2.03. The molecule has 1 heteroatoms. The van der Waals surface area contributed by atoms with E-state index in [0.29, 0.717) is 0 Å². The first-order valence-corrected chi connectivity index (χ1v) is 7.38. The lowest BCUT2D eigenvalue weighted by Gasteiger charge is -2.16. The minimum atomic E-state index is 0.931. The fourth-order valence-corrected chi connectivity index (χ4v) is 2.46. The van der Waals surface area contributed by atoms with E-state index in [2.05, 4.69) is 36.7 Å². The van der Waals surface area contributed by atoms with Gasteiger partial charge in [-0.25, -0.2) is 0 Å². The third kappa shape index (κ3) is 9.05. The summed E-state index contributed by atoms with van der Waals surface area (Å²) in [6.45, 7) is 7.11. The van der Waals surface area contributed by atoms with Crippen LogP contribution in [0.1, 0.15) is 65.7 Å². The summed E-state index contributed by atoms with van der Waals surface area (Å²) >= 11 is 3.48. The first-order chi connectivity index (χ1) is 6.70. The average Bonchev–Trinajstić information content (AvgIpc) is 2.15. The van der Waals surface area contributed by atoms with Crippen molar-refractivity contribution in [3.05, 3.63) is 0 Å². The summed E-state index contributed by atoms with van der Waals surface area (Å²) in [5.74, 6) is 1.87. The highest BCUT2D eigenvalue weighted by Gasteiger charge is 2.07. The van der Waals surface area contributed by atoms with Gasteiger partial charge < -0.3 is 0 Å². The van der Waals surface area contributed by atoms with Crippen molar-refractivity contribution in [2.24, 2.45) is 11.8 Å². The smallest absolute Gasteiger partial charge is 0.00313 e. The number of rotatable bonds is 9. The summed E-state index contributed by atoms with van der Waals surface area (Å²) in [7, 11) is 0. The summed E-state index contributed by atoms with van der Waals surface area (Å²) < 4.78 is 0. The summed E-state index contributed by atoms with van der Waals surface area (Å²) in [6, 6.07) is 0. The Morgan fingerprint density at radius 2 is 1.50 bits per heavy atom. The minimum absolute atomic E-state index is 0.931. The SMILES string of the molecule is CCCC[C@H](C)C[C@H](C)CCCCBr. The highest BCUT2D eigenvalue weighted by molar-refractivity contribution is 9.09. The molecule has 0 nitrogen and oxygen atoms in total. The molecule has 0 saturated heterocycles. The molecule has 0 aliphatic heterocycles. The molecule has 0 aliphatic carbocycles. The van der Waals surface area contributed by atoms with Crippen molar-refractivity contribution in [2.45, 2.75) is 65.7 Å². The molecule has 0 aliphatic rings. The second-order valence-electron chi connectivity index (χ2n) is 4.77. The molecule has 86 valence electrons. The molecule has 2 atom stereocenters. The molecule has 0 aromatic heterocycles. The van der Waals surface area contributed by atoms with Gasteiger partial charge in [-0.15, -0.1) is 0 Å². The highest BCUT2D eigenvalue weighted by Crippen LogP contribution is 2.21. The average molecular weight is 263 g/mol. The van der Waals surface area contributed by atoms with Gasteiger partial charge in [0, 0.05) is 5.33 Å². The van der Waals surface area contributed by atoms with Crippen molar-refractivity contribution in [2.75, 3.05) is 5.33 Å². The van der Waals surface area contributed by atoms with E-state index in [9.17, 15) is 0 Å². The Bertz CT molecular complexity index is 112. The van der Waals surface area contributed by atoms with Crippen LogP contribution in [0, 0.1) is 11.8 Å². The van der Waals surface area contributed by atoms with E-state index in [0.717, 1.165) is 11.8 Å². The van der Waals surface area contributed by atoms with E-state index < -0.39 is 0 Å². The molecule has 0 bridgehead atoms. The maximum atomic E-state index is 3.48. The van der Waals surface area contributed by atoms with Gasteiger partial charge in [-0.2, -0.15) is 0 Å². The first-order valence-electron chi connectivity index (χ1n) is 6.26. The fraction of sp³-hybridized carbons (Fsp3) is 1.00. The number of hydrogen-bond acceptors (Lipinski definition) is 0. The third-order valence-electron chi connectivity index (χ3n) is 2.94. The zero-order chi connectivity index (χ0) is 10.8. The normalized spacial score (nSPS) is 15.4. The molecule has 0 unspecified atom stereocenters. The first kappa shape index (κ1) is 14.5. The molecular weight excluding hydrogens is 236 g/mol. The summed E-state index contributed by atoms with van der Waals surface area (Å²) in [5, 5.41) is 1.17. The van der Waals surface area contributed by atoms with Crippen LogP contribution in [0.4, 0.5) is 0 Å². The van der Waals surface area contributed by atoms with Crippen molar-refractivity contribution < 1.29 is 0 Å². The molecule has 0 amide bonds. The quantitative estimate of drug-likeness (QED) is 0.385. The predicted molar refractivity (Wildman–Crippen MR) is 70.1 cm³/mol. The molecule has 0 radical (unpaired) electrons. The predicted octanol–water partition coefficient (Wildman–Crippen LogP) is 5.40. The van der Waals surface area contributed by atoms with Crippen LogP contribution in [0.25, 0.3) is 0 Å². The van der Waals surface area contributed by atoms with E-state index in [-0.39, 0.29) is 0 Å². The molecule has 0 aromatic carbocycles. The monoisotopic (exact) mass is 262 g/mol. The minimum Gasteiger partial charge on any atom is -0.0928 e. The number of halogens is 1. The van der Waals surface area contributed by atoms with Gasteiger partial charge in [0.25, 0.3) is 0 Å². The third-order valence-corrected chi connectivity index (χ3v) is 3.50. The second-order valence-corrected chi connectivity index (χ2v) is 5.57. The van der Waals surface area contributed by atoms with Crippen LogP contribution >= 0.6 is 15.9 Å². The zero-order valence-electron chi connectivity index (χ0n) is 10.2. The van der Waals surface area contributed by atoms with Gasteiger partial charge in [-0.1, -0.05) is 68.8 Å². The topological polar surface area (TPSA) is 0 Å². The molecule has 0 N–H and O–H groups in total. The van der Waals surface area contributed by atoms with Crippen LogP contribution in [0.15, 0.2) is 0 Å². The number of hydrogen-bond donors (Lipinski definition) is 0. The molecule has 0 spiro atoms. The lowest BCUT2D eigenvalue weighted by molar-refractivity contribution is 0.364. The van der Waals surface area contributed by atoms with Gasteiger partial charge >= 0.3 is 0 Å². The zero-order valence-corrected chi connectivity index (χ0v) is 11.8. The molecule has 0 heterocycles. The van der Waals surface area contributed by atoms with E-state index in [1.807, 2.05) is 0 Å². The number of unbranched alkanes of at least 4 members (excludes halogenated alkanes) is 2. The second kappa shape index (κ2) is 10.0. The molecule has 0 aromatic rings. The van der Waals surface area contributed by atoms with Crippen molar-refractivity contribution in [3.8, 4) is 0 Å². The van der Waals surface area contributed by atoms with Gasteiger partial charge in [-0.3, -0.25) is 0 Å². The van der Waals surface area contributed by atoms with Gasteiger partial charge in [0.05, 0.1) is 0 Å². The molecule has 14 heavy (non-hydrogen) atoms. The number of alkyl halides is 1. The maximum absolute atomic E-state index is 3.48. The van der Waals surface area contributed by atoms with Crippen molar-refractivity contribution in [1.82, 2.24) is 0 Å². The van der Waals surface area contributed by atoms with E-state index in [1.165, 1.54) is 50.3 Å². The van der Waals surface area contributed by atoms with Crippen molar-refractivity contribution in [3.63, 3.8) is 0 Å². The van der Waals surface area contributed by atoms with Crippen molar-refractivity contribution in [1.29, 1.82) is 0 Å². The van der Waals surface area contributed by atoms with Gasteiger partial charge in [0.1, 0.15) is 0 Å². The Labute approximate surface area is 99.0 Å². The Morgan fingerprint density at radius 3 is 2.00 bits per heavy atom. The van der Waals surface area contributed by atoms with Crippen LogP contribution < -0.4 is 0 Å². The van der Waals surface area contributed by atoms with Crippen LogP contribution in [0.2, 0.25) is 0 Å². The van der Waals surface area contributed by atoms with Crippen LogP contribution in [-0.2, 0) is 0 Å². The fourth-order valence-electron chi connectivity index (χ4n) is 2.06. The van der Waals surface area contributed by atoms with Crippen LogP contribution in [-0.4, -0.2) is 5.33 Å². The van der Waals surface area contributed by atoms with Gasteiger partial charge in [0.2, 0.25) is 0 Å². The van der Waals surface area contributed by atoms with Crippen molar-refractivity contribution >= 4 is 15.9 Å². The van der Waals surface area contributed by atoms with Crippen LogP contribution in [0.5, 0.6) is 0 Å². The van der Waals surface area contributed by atoms with E-state index >= 15 is 0 Å². The summed E-state index contributed by atoms with van der Waals surface area (Å²) in [6.07, 6.45) is 9.78. The van der Waals surface area contributed by atoms with Gasteiger partial charge in [-0.05, 0) is 24.7 Å². The summed E-state index contributed by atoms with van der Waals surface area (Å²) in [4.78, 5) is 0. The Hall–Kier alpha value is 0.480. The standard InChI is InChI=1S/C13H27Br/c1-4-5-8-12(2)11-13(3)9-6-7-10-14/h12-13H,4-11H2,1-3H3/t12-,13+/m0/s1. The molecule has 0 fully saturated rings. The Kier molecular flexibility index (Phi) is 10.4. The van der Waals surface area contributed by atoms with Gasteiger partial charge in [0.15, 0.2) is 0 Å². The lowest BCUT2D eigenvalue weighted by atomic mass is 9.90. The molecular formula is C13H27Br. The van der Waals surface area contributed by atoms with E-state index in [1.54, 1.807) is 0 Å². The molecule has 0 rings (SSSR count). The van der Waals surface area contributed by atoms with E-state index in [4.69, 9.17) is 0 Å². The summed E-state index contributed by atoms with van der Waals surface area (Å²) in [5.41, 5.74) is 0. The maximum Gasteiger partial charge on any atom is 0.00313 e. The van der Waals surface area contributed by atoms with Crippen LogP contribution in [0.3, 0.4) is 0 Å². The Morgan fingerprint density at radius 1 is 0.929 bits per heavy atom. The highest BCUT2D eigenvalue weighted by atomic mass is 79.9.